The van der Waals surface area contributed by atoms with E-state index in [1.807, 2.05) is 0 Å². The molecule has 0 fully saturated rings. The van der Waals surface area contributed by atoms with Crippen LogP contribution in [0.3, 0.4) is 0 Å². The van der Waals surface area contributed by atoms with E-state index in [-0.39, 0.29) is 17.0 Å². The molecule has 3 rings (SSSR count). The van der Waals surface area contributed by atoms with Gasteiger partial charge in [0.15, 0.2) is 23.8 Å². The number of hydrogen-bond acceptors (Lipinski definition) is 7. The Hall–Kier alpha value is -4.02. The van der Waals surface area contributed by atoms with Crippen molar-refractivity contribution in [2.24, 2.45) is 0 Å². The minimum Gasteiger partial charge on any atom is -0.493 e. The average molecular weight is 464 g/mol. The first kappa shape index (κ1) is 23.6. The van der Waals surface area contributed by atoms with Crippen molar-refractivity contribution in [2.75, 3.05) is 33.3 Å². The zero-order chi connectivity index (χ0) is 24.2. The number of anilines is 1. The zero-order valence-corrected chi connectivity index (χ0v) is 17.8. The molecule has 0 aliphatic heterocycles. The molecule has 8 nitrogen and oxygen atoms in total. The van der Waals surface area contributed by atoms with E-state index >= 15 is 0 Å². The summed E-state index contributed by atoms with van der Waals surface area (Å²) < 4.78 is 60.2. The van der Waals surface area contributed by atoms with Crippen LogP contribution in [-0.2, 0) is 15.7 Å². The lowest BCUT2D eigenvalue weighted by atomic mass is 10.1. The molecule has 0 aliphatic carbocycles. The molecule has 0 saturated carbocycles. The van der Waals surface area contributed by atoms with Crippen molar-refractivity contribution in [3.05, 3.63) is 53.7 Å². The Morgan fingerprint density at radius 1 is 0.970 bits per heavy atom. The summed E-state index contributed by atoms with van der Waals surface area (Å²) in [6.45, 7) is -0.639. The fourth-order valence-corrected chi connectivity index (χ4v) is 3.02. The maximum absolute atomic E-state index is 13.2. The van der Waals surface area contributed by atoms with Gasteiger partial charge < -0.3 is 24.3 Å². The highest BCUT2D eigenvalue weighted by Gasteiger charge is 2.33. The van der Waals surface area contributed by atoms with Crippen molar-refractivity contribution in [3.8, 4) is 17.2 Å². The van der Waals surface area contributed by atoms with Crippen molar-refractivity contribution in [3.63, 3.8) is 0 Å². The molecule has 0 radical (unpaired) electrons. The SMILES string of the molecule is COC(=O)c1cc(OCC(=O)Nc2ccccc2C(F)(F)F)c2cc(OC)c(OC)cc2n1. The first-order chi connectivity index (χ1) is 15.7. The molecular weight excluding hydrogens is 445 g/mol. The number of halogens is 3. The predicted molar refractivity (Wildman–Crippen MR) is 112 cm³/mol. The van der Waals surface area contributed by atoms with Gasteiger partial charge in [-0.15, -0.1) is 0 Å². The standard InChI is InChI=1S/C22H19F3N2O6/c1-30-18-8-12-15(9-19(18)31-2)26-16(21(29)32-3)10-17(12)33-11-20(28)27-14-7-5-4-6-13(14)22(23,24)25/h4-10H,11H2,1-3H3,(H,27,28). The third-order valence-corrected chi connectivity index (χ3v) is 4.54. The number of carbonyl (C=O) groups excluding carboxylic acids is 2. The fourth-order valence-electron chi connectivity index (χ4n) is 3.02. The number of nitrogens with one attached hydrogen (secondary N) is 1. The Bertz CT molecular complexity index is 1200. The topological polar surface area (TPSA) is 96.0 Å². The second-order valence-corrected chi connectivity index (χ2v) is 6.60. The van der Waals surface area contributed by atoms with Gasteiger partial charge in [-0.05, 0) is 18.2 Å². The van der Waals surface area contributed by atoms with Crippen molar-refractivity contribution >= 4 is 28.5 Å². The van der Waals surface area contributed by atoms with Gasteiger partial charge in [0.05, 0.1) is 38.1 Å². The molecule has 1 amide bonds. The number of aromatic nitrogens is 1. The molecular formula is C22H19F3N2O6. The van der Waals surface area contributed by atoms with Crippen LogP contribution in [0, 0.1) is 0 Å². The number of alkyl halides is 3. The minimum absolute atomic E-state index is 0.0700. The quantitative estimate of drug-likeness (QED) is 0.527. The van der Waals surface area contributed by atoms with Gasteiger partial charge in [-0.25, -0.2) is 9.78 Å². The van der Waals surface area contributed by atoms with Gasteiger partial charge in [0.1, 0.15) is 5.75 Å². The van der Waals surface area contributed by atoms with Crippen LogP contribution in [0.4, 0.5) is 18.9 Å². The van der Waals surface area contributed by atoms with Crippen molar-refractivity contribution in [2.45, 2.75) is 6.18 Å². The van der Waals surface area contributed by atoms with Gasteiger partial charge in [-0.2, -0.15) is 13.2 Å². The molecule has 0 unspecified atom stereocenters. The van der Waals surface area contributed by atoms with Crippen LogP contribution in [0.2, 0.25) is 0 Å². The number of benzene rings is 2. The molecule has 11 heteroatoms. The van der Waals surface area contributed by atoms with Gasteiger partial charge in [0.25, 0.3) is 5.91 Å². The van der Waals surface area contributed by atoms with Crippen LogP contribution < -0.4 is 19.5 Å². The first-order valence-corrected chi connectivity index (χ1v) is 9.42. The second-order valence-electron chi connectivity index (χ2n) is 6.60. The molecule has 33 heavy (non-hydrogen) atoms. The molecule has 0 aliphatic rings. The Morgan fingerprint density at radius 2 is 1.64 bits per heavy atom. The molecule has 0 saturated heterocycles. The smallest absolute Gasteiger partial charge is 0.418 e. The maximum Gasteiger partial charge on any atom is 0.418 e. The molecule has 0 spiro atoms. The summed E-state index contributed by atoms with van der Waals surface area (Å²) in [5.74, 6) is -0.838. The van der Waals surface area contributed by atoms with Crippen LogP contribution in [0.5, 0.6) is 17.2 Å². The van der Waals surface area contributed by atoms with Gasteiger partial charge in [-0.1, -0.05) is 12.1 Å². The number of methoxy groups -OCH3 is 3. The lowest BCUT2D eigenvalue weighted by Gasteiger charge is -2.15. The van der Waals surface area contributed by atoms with E-state index in [9.17, 15) is 22.8 Å². The van der Waals surface area contributed by atoms with Crippen LogP contribution in [0.1, 0.15) is 16.1 Å². The van der Waals surface area contributed by atoms with E-state index in [1.165, 1.54) is 51.7 Å². The maximum atomic E-state index is 13.2. The number of ether oxygens (including phenoxy) is 4. The number of carbonyl (C=O) groups is 2. The Labute approximate surface area is 186 Å². The molecule has 174 valence electrons. The highest BCUT2D eigenvalue weighted by atomic mass is 19.4. The zero-order valence-electron chi connectivity index (χ0n) is 17.8. The normalized spacial score (nSPS) is 11.1. The number of amides is 1. The highest BCUT2D eigenvalue weighted by molar-refractivity contribution is 5.96. The number of pyridine rings is 1. The van der Waals surface area contributed by atoms with Crippen LogP contribution >= 0.6 is 0 Å². The minimum atomic E-state index is -4.64. The molecule has 3 aromatic rings. The summed E-state index contributed by atoms with van der Waals surface area (Å²) in [5.41, 5.74) is -1.21. The Kier molecular flexibility index (Phi) is 6.90. The summed E-state index contributed by atoms with van der Waals surface area (Å²) in [6.07, 6.45) is -4.64. The summed E-state index contributed by atoms with van der Waals surface area (Å²) >= 11 is 0. The molecule has 2 aromatic carbocycles. The lowest BCUT2D eigenvalue weighted by molar-refractivity contribution is -0.137. The fraction of sp³-hybridized carbons (Fsp3) is 0.227. The second kappa shape index (κ2) is 9.63. The van der Waals surface area contributed by atoms with Crippen LogP contribution in [0.25, 0.3) is 10.9 Å². The highest BCUT2D eigenvalue weighted by Crippen LogP contribution is 2.37. The van der Waals surface area contributed by atoms with Gasteiger partial charge in [0.2, 0.25) is 0 Å². The number of fused-ring (bicyclic) bond motifs is 1. The number of nitrogens with zero attached hydrogens (tertiary/aromatic N) is 1. The van der Waals surface area contributed by atoms with Gasteiger partial charge in [0, 0.05) is 17.5 Å². The predicted octanol–water partition coefficient (Wildman–Crippen LogP) is 4.07. The van der Waals surface area contributed by atoms with Crippen molar-refractivity contribution < 1.29 is 41.7 Å². The average Bonchev–Trinajstić information content (AvgIpc) is 2.80. The van der Waals surface area contributed by atoms with Gasteiger partial charge >= 0.3 is 12.1 Å². The largest absolute Gasteiger partial charge is 0.493 e. The summed E-state index contributed by atoms with van der Waals surface area (Å²) in [7, 11) is 4.02. The number of para-hydroxylation sites is 1. The number of rotatable bonds is 7. The third kappa shape index (κ3) is 5.25. The van der Waals surface area contributed by atoms with Gasteiger partial charge in [-0.3, -0.25) is 4.79 Å². The lowest BCUT2D eigenvalue weighted by Crippen LogP contribution is -2.22. The third-order valence-electron chi connectivity index (χ3n) is 4.54. The monoisotopic (exact) mass is 464 g/mol. The van der Waals surface area contributed by atoms with E-state index < -0.39 is 35.9 Å². The Morgan fingerprint density at radius 3 is 2.27 bits per heavy atom. The molecule has 1 heterocycles. The molecule has 1 aromatic heterocycles. The van der Waals surface area contributed by atoms with E-state index in [4.69, 9.17) is 18.9 Å². The van der Waals surface area contributed by atoms with E-state index in [0.29, 0.717) is 16.9 Å². The number of esters is 1. The van der Waals surface area contributed by atoms with E-state index in [2.05, 4.69) is 10.3 Å². The van der Waals surface area contributed by atoms with Crippen LogP contribution in [0.15, 0.2) is 42.5 Å². The van der Waals surface area contributed by atoms with Crippen molar-refractivity contribution in [1.82, 2.24) is 4.98 Å². The number of hydrogen-bond donors (Lipinski definition) is 1. The Balaban J connectivity index is 1.92. The van der Waals surface area contributed by atoms with E-state index in [0.717, 1.165) is 12.1 Å². The molecule has 0 atom stereocenters. The van der Waals surface area contributed by atoms with Crippen LogP contribution in [-0.4, -0.2) is 44.8 Å². The summed E-state index contributed by atoms with van der Waals surface area (Å²) in [4.78, 5) is 28.6. The van der Waals surface area contributed by atoms with E-state index in [1.54, 1.807) is 0 Å². The molecule has 0 bridgehead atoms. The van der Waals surface area contributed by atoms with Crippen molar-refractivity contribution in [1.29, 1.82) is 0 Å². The summed E-state index contributed by atoms with van der Waals surface area (Å²) in [6, 6.07) is 8.88. The summed E-state index contributed by atoms with van der Waals surface area (Å²) in [5, 5.41) is 2.57. The molecule has 1 N–H and O–H groups in total. The first-order valence-electron chi connectivity index (χ1n) is 9.42.